The molecule has 9 nitrogen and oxygen atoms in total. The van der Waals surface area contributed by atoms with Gasteiger partial charge in [-0.3, -0.25) is 19.7 Å². The number of non-ortho nitro benzene ring substituents is 1. The molecule has 1 aromatic carbocycles. The van der Waals surface area contributed by atoms with Crippen LogP contribution < -0.4 is 5.32 Å². The number of carbonyl (C=O) groups excluding carboxylic acids is 2. The smallest absolute Gasteiger partial charge is 0.309 e. The van der Waals surface area contributed by atoms with E-state index >= 15 is 0 Å². The molecule has 0 atom stereocenters. The highest BCUT2D eigenvalue weighted by molar-refractivity contribution is 6.06. The highest BCUT2D eigenvalue weighted by Crippen LogP contribution is 2.20. The zero-order valence-corrected chi connectivity index (χ0v) is 14.9. The first-order chi connectivity index (χ1) is 12.9. The van der Waals surface area contributed by atoms with Crippen molar-refractivity contribution < 1.29 is 19.2 Å². The molecule has 1 fully saturated rings. The maximum Gasteiger partial charge on any atom is 0.309 e. The van der Waals surface area contributed by atoms with Gasteiger partial charge in [0, 0.05) is 37.1 Å². The fourth-order valence-corrected chi connectivity index (χ4v) is 2.71. The lowest BCUT2D eigenvalue weighted by atomic mass is 9.97. The van der Waals surface area contributed by atoms with Crippen molar-refractivity contribution in [1.82, 2.24) is 4.90 Å². The fraction of sp³-hybridized carbons (Fsp3) is 0.389. The molecule has 2 rings (SSSR count). The Hall–Kier alpha value is -3.41. The Morgan fingerprint density at radius 2 is 2.00 bits per heavy atom. The SMILES string of the molecule is CCOC(=O)C1CCN(/C=C(/C#N)C(=O)Nc2ccc([N+](=O)[O-])cc2)CC1. The number of esters is 1. The third-order valence-electron chi connectivity index (χ3n) is 4.16. The zero-order chi connectivity index (χ0) is 19.8. The van der Waals surface area contributed by atoms with Crippen LogP contribution in [0.1, 0.15) is 19.8 Å². The number of nitro groups is 1. The van der Waals surface area contributed by atoms with E-state index in [1.165, 1.54) is 30.5 Å². The third kappa shape index (κ3) is 5.54. The van der Waals surface area contributed by atoms with E-state index < -0.39 is 10.8 Å². The average Bonchev–Trinajstić information content (AvgIpc) is 2.67. The van der Waals surface area contributed by atoms with E-state index in [1.807, 2.05) is 11.0 Å². The van der Waals surface area contributed by atoms with Gasteiger partial charge < -0.3 is 15.0 Å². The summed E-state index contributed by atoms with van der Waals surface area (Å²) in [5, 5.41) is 22.4. The number of likely N-dealkylation sites (tertiary alicyclic amines) is 1. The van der Waals surface area contributed by atoms with Gasteiger partial charge in [-0.05, 0) is 31.9 Å². The number of nitriles is 1. The largest absolute Gasteiger partial charge is 0.466 e. The fourth-order valence-electron chi connectivity index (χ4n) is 2.71. The molecule has 1 saturated heterocycles. The van der Waals surface area contributed by atoms with Crippen LogP contribution in [0.25, 0.3) is 0 Å². The Labute approximate surface area is 156 Å². The first kappa shape index (κ1) is 19.9. The predicted molar refractivity (Wildman–Crippen MR) is 96.4 cm³/mol. The molecular weight excluding hydrogens is 352 g/mol. The number of anilines is 1. The van der Waals surface area contributed by atoms with Crippen LogP contribution in [0.5, 0.6) is 0 Å². The normalized spacial score (nSPS) is 15.0. The molecule has 1 aliphatic rings. The Kier molecular flexibility index (Phi) is 6.88. The number of hydrogen-bond donors (Lipinski definition) is 1. The molecule has 0 spiro atoms. The van der Waals surface area contributed by atoms with Crippen LogP contribution in [-0.4, -0.2) is 41.4 Å². The quantitative estimate of drug-likeness (QED) is 0.267. The zero-order valence-electron chi connectivity index (χ0n) is 14.9. The van der Waals surface area contributed by atoms with Crippen LogP contribution in [0.15, 0.2) is 36.0 Å². The first-order valence-electron chi connectivity index (χ1n) is 8.53. The van der Waals surface area contributed by atoms with Gasteiger partial charge in [0.25, 0.3) is 11.6 Å². The summed E-state index contributed by atoms with van der Waals surface area (Å²) in [4.78, 5) is 35.9. The van der Waals surface area contributed by atoms with Crippen LogP contribution in [0.4, 0.5) is 11.4 Å². The average molecular weight is 372 g/mol. The Morgan fingerprint density at radius 1 is 1.37 bits per heavy atom. The van der Waals surface area contributed by atoms with Crippen molar-refractivity contribution in [3.8, 4) is 6.07 Å². The van der Waals surface area contributed by atoms with Crippen LogP contribution in [0.2, 0.25) is 0 Å². The maximum absolute atomic E-state index is 12.3. The minimum Gasteiger partial charge on any atom is -0.466 e. The molecule has 0 saturated carbocycles. The van der Waals surface area contributed by atoms with E-state index in [1.54, 1.807) is 6.92 Å². The van der Waals surface area contributed by atoms with E-state index in [4.69, 9.17) is 4.74 Å². The Bertz CT molecular complexity index is 774. The van der Waals surface area contributed by atoms with Crippen LogP contribution >= 0.6 is 0 Å². The van der Waals surface area contributed by atoms with Gasteiger partial charge in [0.15, 0.2) is 0 Å². The van der Waals surface area contributed by atoms with Gasteiger partial charge in [-0.25, -0.2) is 0 Å². The molecule has 0 aromatic heterocycles. The topological polar surface area (TPSA) is 126 Å². The van der Waals surface area contributed by atoms with E-state index in [0.29, 0.717) is 38.2 Å². The summed E-state index contributed by atoms with van der Waals surface area (Å²) in [5.41, 5.74) is 0.184. The predicted octanol–water partition coefficient (Wildman–Crippen LogP) is 2.22. The molecule has 0 bridgehead atoms. The molecule has 142 valence electrons. The molecule has 0 aliphatic carbocycles. The van der Waals surface area contributed by atoms with Gasteiger partial charge in [-0.1, -0.05) is 0 Å². The maximum atomic E-state index is 12.3. The molecule has 27 heavy (non-hydrogen) atoms. The van der Waals surface area contributed by atoms with Crippen molar-refractivity contribution in [3.63, 3.8) is 0 Å². The van der Waals surface area contributed by atoms with Gasteiger partial charge in [-0.2, -0.15) is 5.26 Å². The van der Waals surface area contributed by atoms with Crippen LogP contribution in [0.3, 0.4) is 0 Å². The summed E-state index contributed by atoms with van der Waals surface area (Å²) < 4.78 is 5.02. The highest BCUT2D eigenvalue weighted by Gasteiger charge is 2.25. The summed E-state index contributed by atoms with van der Waals surface area (Å²) in [5.74, 6) is -0.967. The summed E-state index contributed by atoms with van der Waals surface area (Å²) in [7, 11) is 0. The standard InChI is InChI=1S/C18H20N4O5/c1-2-27-18(24)13-7-9-21(10-8-13)12-14(11-19)17(23)20-15-3-5-16(6-4-15)22(25)26/h3-6,12-13H,2,7-10H2,1H3,(H,20,23)/b14-12-. The molecule has 1 amide bonds. The third-order valence-corrected chi connectivity index (χ3v) is 4.16. The Balaban J connectivity index is 1.95. The minimum absolute atomic E-state index is 0.0806. The van der Waals surface area contributed by atoms with Crippen LogP contribution in [0, 0.1) is 27.4 Å². The van der Waals surface area contributed by atoms with E-state index in [9.17, 15) is 25.0 Å². The molecule has 9 heteroatoms. The summed E-state index contributed by atoms with van der Waals surface area (Å²) >= 11 is 0. The second kappa shape index (κ2) is 9.33. The van der Waals surface area contributed by atoms with E-state index in [-0.39, 0.29) is 23.1 Å². The minimum atomic E-state index is -0.598. The molecule has 0 unspecified atom stereocenters. The first-order valence-corrected chi connectivity index (χ1v) is 8.53. The van der Waals surface area contributed by atoms with Crippen molar-refractivity contribution >= 4 is 23.3 Å². The number of piperidine rings is 1. The number of nitro benzene ring substituents is 1. The van der Waals surface area contributed by atoms with Gasteiger partial charge in [0.05, 0.1) is 17.4 Å². The highest BCUT2D eigenvalue weighted by atomic mass is 16.6. The molecule has 1 heterocycles. The number of carbonyl (C=O) groups is 2. The number of ether oxygens (including phenoxy) is 1. The number of rotatable bonds is 6. The molecule has 0 radical (unpaired) electrons. The van der Waals surface area contributed by atoms with E-state index in [2.05, 4.69) is 5.32 Å². The van der Waals surface area contributed by atoms with Crippen molar-refractivity contribution in [1.29, 1.82) is 5.26 Å². The summed E-state index contributed by atoms with van der Waals surface area (Å²) in [6, 6.07) is 7.20. The molecule has 1 aliphatic heterocycles. The number of hydrogen-bond acceptors (Lipinski definition) is 7. The van der Waals surface area contributed by atoms with Crippen LogP contribution in [-0.2, 0) is 14.3 Å². The monoisotopic (exact) mass is 372 g/mol. The molecule has 1 aromatic rings. The lowest BCUT2D eigenvalue weighted by Gasteiger charge is -2.30. The van der Waals surface area contributed by atoms with Gasteiger partial charge >= 0.3 is 5.97 Å². The Morgan fingerprint density at radius 3 is 2.52 bits per heavy atom. The van der Waals surface area contributed by atoms with Gasteiger partial charge in [0.2, 0.25) is 0 Å². The van der Waals surface area contributed by atoms with Crippen molar-refractivity contribution in [2.24, 2.45) is 5.92 Å². The molecule has 1 N–H and O–H groups in total. The van der Waals surface area contributed by atoms with Crippen molar-refractivity contribution in [2.75, 3.05) is 25.0 Å². The number of amides is 1. The second-order valence-corrected chi connectivity index (χ2v) is 5.97. The lowest BCUT2D eigenvalue weighted by Crippen LogP contribution is -2.34. The summed E-state index contributed by atoms with van der Waals surface area (Å²) in [6.45, 7) is 3.19. The number of nitrogens with zero attached hydrogens (tertiary/aromatic N) is 3. The van der Waals surface area contributed by atoms with Gasteiger partial charge in [0.1, 0.15) is 11.6 Å². The van der Waals surface area contributed by atoms with Crippen molar-refractivity contribution in [3.05, 3.63) is 46.2 Å². The second-order valence-electron chi connectivity index (χ2n) is 5.97. The molecular formula is C18H20N4O5. The van der Waals surface area contributed by atoms with Gasteiger partial charge in [-0.15, -0.1) is 0 Å². The summed E-state index contributed by atoms with van der Waals surface area (Å²) in [6.07, 6.45) is 2.66. The van der Waals surface area contributed by atoms with E-state index in [0.717, 1.165) is 0 Å². The van der Waals surface area contributed by atoms with Crippen molar-refractivity contribution in [2.45, 2.75) is 19.8 Å². The lowest BCUT2D eigenvalue weighted by molar-refractivity contribution is -0.384. The number of benzene rings is 1. The number of nitrogens with one attached hydrogen (secondary N) is 1.